The molecule has 0 saturated carbocycles. The van der Waals surface area contributed by atoms with Gasteiger partial charge in [-0.1, -0.05) is 6.07 Å². The molecule has 0 unspecified atom stereocenters. The fourth-order valence-corrected chi connectivity index (χ4v) is 1.14. The summed E-state index contributed by atoms with van der Waals surface area (Å²) in [7, 11) is 1.65. The van der Waals surface area contributed by atoms with Crippen molar-refractivity contribution in [3.63, 3.8) is 0 Å². The summed E-state index contributed by atoms with van der Waals surface area (Å²) in [6.07, 6.45) is 0.795. The van der Waals surface area contributed by atoms with Crippen molar-refractivity contribution in [2.24, 2.45) is 0 Å². The first-order chi connectivity index (χ1) is 6.27. The molecule has 0 aliphatic rings. The molecule has 0 aliphatic carbocycles. The first-order valence-electron chi connectivity index (χ1n) is 4.18. The Kier molecular flexibility index (Phi) is 3.73. The Hall–Kier alpha value is -1.06. The Morgan fingerprint density at radius 3 is 2.77 bits per heavy atom. The fourth-order valence-electron chi connectivity index (χ4n) is 1.14. The van der Waals surface area contributed by atoms with E-state index >= 15 is 0 Å². The summed E-state index contributed by atoms with van der Waals surface area (Å²) in [5, 5.41) is 18.1. The SMILES string of the molecule is COCCc1ccc(O)c(CO)c1. The number of aliphatic hydroxyl groups excluding tert-OH is 1. The van der Waals surface area contributed by atoms with Crippen LogP contribution in [0.3, 0.4) is 0 Å². The van der Waals surface area contributed by atoms with Gasteiger partial charge in [0, 0.05) is 12.7 Å². The minimum atomic E-state index is -0.132. The molecule has 1 aromatic rings. The van der Waals surface area contributed by atoms with Gasteiger partial charge in [-0.3, -0.25) is 0 Å². The van der Waals surface area contributed by atoms with Crippen LogP contribution in [0.5, 0.6) is 5.75 Å². The third-order valence-corrected chi connectivity index (χ3v) is 1.91. The van der Waals surface area contributed by atoms with Crippen molar-refractivity contribution in [3.8, 4) is 5.75 Å². The normalized spacial score (nSPS) is 10.3. The zero-order valence-corrected chi connectivity index (χ0v) is 7.66. The van der Waals surface area contributed by atoms with E-state index in [9.17, 15) is 5.11 Å². The van der Waals surface area contributed by atoms with Crippen molar-refractivity contribution in [1.29, 1.82) is 0 Å². The third-order valence-electron chi connectivity index (χ3n) is 1.91. The molecule has 0 spiro atoms. The highest BCUT2D eigenvalue weighted by molar-refractivity contribution is 5.35. The van der Waals surface area contributed by atoms with Crippen molar-refractivity contribution in [1.82, 2.24) is 0 Å². The molecule has 0 aliphatic heterocycles. The first-order valence-corrected chi connectivity index (χ1v) is 4.18. The predicted octanol–water partition coefficient (Wildman–Crippen LogP) is 1.07. The maximum Gasteiger partial charge on any atom is 0.121 e. The summed E-state index contributed by atoms with van der Waals surface area (Å²) in [5.41, 5.74) is 1.62. The molecule has 1 aromatic carbocycles. The first kappa shape index (κ1) is 10.0. The van der Waals surface area contributed by atoms with Gasteiger partial charge in [-0.05, 0) is 24.1 Å². The van der Waals surface area contributed by atoms with Gasteiger partial charge in [0.25, 0.3) is 0 Å². The number of phenols is 1. The summed E-state index contributed by atoms with van der Waals surface area (Å²) in [6.45, 7) is 0.516. The molecule has 0 fully saturated rings. The number of ether oxygens (including phenoxy) is 1. The van der Waals surface area contributed by atoms with E-state index in [1.165, 1.54) is 0 Å². The zero-order valence-electron chi connectivity index (χ0n) is 7.66. The summed E-state index contributed by atoms with van der Waals surface area (Å²) in [6, 6.07) is 5.21. The Balaban J connectivity index is 2.74. The maximum atomic E-state index is 9.27. The molecule has 3 nitrogen and oxygen atoms in total. The Morgan fingerprint density at radius 1 is 1.38 bits per heavy atom. The van der Waals surface area contributed by atoms with E-state index in [-0.39, 0.29) is 12.4 Å². The lowest BCUT2D eigenvalue weighted by molar-refractivity contribution is 0.202. The van der Waals surface area contributed by atoms with Crippen LogP contribution >= 0.6 is 0 Å². The molecule has 0 heterocycles. The quantitative estimate of drug-likeness (QED) is 0.732. The van der Waals surface area contributed by atoms with Crippen LogP contribution in [0.2, 0.25) is 0 Å². The van der Waals surface area contributed by atoms with E-state index in [1.54, 1.807) is 19.2 Å². The summed E-state index contributed by atoms with van der Waals surface area (Å²) >= 11 is 0. The second kappa shape index (κ2) is 4.84. The van der Waals surface area contributed by atoms with Gasteiger partial charge in [-0.15, -0.1) is 0 Å². The van der Waals surface area contributed by atoms with Crippen molar-refractivity contribution in [2.75, 3.05) is 13.7 Å². The van der Waals surface area contributed by atoms with E-state index in [1.807, 2.05) is 6.07 Å². The maximum absolute atomic E-state index is 9.27. The van der Waals surface area contributed by atoms with Crippen molar-refractivity contribution in [2.45, 2.75) is 13.0 Å². The molecule has 0 aromatic heterocycles. The van der Waals surface area contributed by atoms with Gasteiger partial charge >= 0.3 is 0 Å². The number of benzene rings is 1. The Labute approximate surface area is 77.6 Å². The Bertz CT molecular complexity index is 271. The predicted molar refractivity (Wildman–Crippen MR) is 49.6 cm³/mol. The second-order valence-corrected chi connectivity index (χ2v) is 2.86. The highest BCUT2D eigenvalue weighted by Crippen LogP contribution is 2.18. The molecule has 0 amide bonds. The van der Waals surface area contributed by atoms with Gasteiger partial charge in [0.1, 0.15) is 5.75 Å². The van der Waals surface area contributed by atoms with Crippen LogP contribution in [0.15, 0.2) is 18.2 Å². The number of methoxy groups -OCH3 is 1. The van der Waals surface area contributed by atoms with E-state index in [0.29, 0.717) is 12.2 Å². The molecule has 0 atom stereocenters. The average molecular weight is 182 g/mol. The lowest BCUT2D eigenvalue weighted by Gasteiger charge is -2.04. The lowest BCUT2D eigenvalue weighted by atomic mass is 10.1. The van der Waals surface area contributed by atoms with E-state index in [4.69, 9.17) is 9.84 Å². The molecular formula is C10H14O3. The van der Waals surface area contributed by atoms with Gasteiger partial charge in [0.15, 0.2) is 0 Å². The van der Waals surface area contributed by atoms with Gasteiger partial charge in [-0.2, -0.15) is 0 Å². The fraction of sp³-hybridized carbons (Fsp3) is 0.400. The smallest absolute Gasteiger partial charge is 0.121 e. The number of hydrogen-bond donors (Lipinski definition) is 2. The zero-order chi connectivity index (χ0) is 9.68. The van der Waals surface area contributed by atoms with E-state index < -0.39 is 0 Å². The molecular weight excluding hydrogens is 168 g/mol. The molecule has 0 radical (unpaired) electrons. The standard InChI is InChI=1S/C10H14O3/c1-13-5-4-8-2-3-10(12)9(6-8)7-11/h2-3,6,11-12H,4-5,7H2,1H3. The van der Waals surface area contributed by atoms with Crippen LogP contribution in [0.4, 0.5) is 0 Å². The van der Waals surface area contributed by atoms with Gasteiger partial charge in [0.2, 0.25) is 0 Å². The largest absolute Gasteiger partial charge is 0.508 e. The van der Waals surface area contributed by atoms with Crippen molar-refractivity contribution in [3.05, 3.63) is 29.3 Å². The summed E-state index contributed by atoms with van der Waals surface area (Å²) in [4.78, 5) is 0. The number of hydrogen-bond acceptors (Lipinski definition) is 3. The van der Waals surface area contributed by atoms with Gasteiger partial charge in [0.05, 0.1) is 13.2 Å². The topological polar surface area (TPSA) is 49.7 Å². The Morgan fingerprint density at radius 2 is 2.15 bits per heavy atom. The van der Waals surface area contributed by atoms with E-state index in [2.05, 4.69) is 0 Å². The molecule has 0 bridgehead atoms. The number of aromatic hydroxyl groups is 1. The molecule has 0 saturated heterocycles. The lowest BCUT2D eigenvalue weighted by Crippen LogP contribution is -1.95. The molecule has 1 rings (SSSR count). The molecule has 3 heteroatoms. The molecule has 13 heavy (non-hydrogen) atoms. The highest BCUT2D eigenvalue weighted by Gasteiger charge is 2.00. The van der Waals surface area contributed by atoms with Crippen LogP contribution in [0, 0.1) is 0 Å². The molecule has 2 N–H and O–H groups in total. The number of aliphatic hydroxyl groups is 1. The van der Waals surface area contributed by atoms with Crippen LogP contribution in [0.1, 0.15) is 11.1 Å². The van der Waals surface area contributed by atoms with Crippen molar-refractivity contribution >= 4 is 0 Å². The van der Waals surface area contributed by atoms with Gasteiger partial charge in [-0.25, -0.2) is 0 Å². The van der Waals surface area contributed by atoms with Gasteiger partial charge < -0.3 is 14.9 Å². The highest BCUT2D eigenvalue weighted by atomic mass is 16.5. The summed E-state index contributed by atoms with van der Waals surface area (Å²) in [5.74, 6) is 0.142. The van der Waals surface area contributed by atoms with E-state index in [0.717, 1.165) is 12.0 Å². The van der Waals surface area contributed by atoms with Crippen LogP contribution < -0.4 is 0 Å². The average Bonchev–Trinajstić information content (AvgIpc) is 2.16. The van der Waals surface area contributed by atoms with Crippen molar-refractivity contribution < 1.29 is 14.9 Å². The minimum absolute atomic E-state index is 0.132. The number of rotatable bonds is 4. The monoisotopic (exact) mass is 182 g/mol. The van der Waals surface area contributed by atoms with Crippen LogP contribution in [-0.4, -0.2) is 23.9 Å². The third kappa shape index (κ3) is 2.72. The van der Waals surface area contributed by atoms with Crippen LogP contribution in [-0.2, 0) is 17.8 Å². The summed E-state index contributed by atoms with van der Waals surface area (Å²) < 4.78 is 4.92. The van der Waals surface area contributed by atoms with Crippen LogP contribution in [0.25, 0.3) is 0 Å². The minimum Gasteiger partial charge on any atom is -0.508 e. The second-order valence-electron chi connectivity index (χ2n) is 2.86. The molecule has 72 valence electrons.